The molecule has 1 fully saturated rings. The fraction of sp³-hybridized carbons (Fsp3) is 0.500. The summed E-state index contributed by atoms with van der Waals surface area (Å²) in [6.07, 6.45) is 4.08. The van der Waals surface area contributed by atoms with Crippen molar-refractivity contribution in [3.05, 3.63) is 46.7 Å². The highest BCUT2D eigenvalue weighted by Crippen LogP contribution is 2.41. The van der Waals surface area contributed by atoms with Crippen LogP contribution in [0.4, 0.5) is 0 Å². The van der Waals surface area contributed by atoms with Gasteiger partial charge in [0.05, 0.1) is 0 Å². The molecule has 0 N–H and O–H groups in total. The molecule has 18 heavy (non-hydrogen) atoms. The Morgan fingerprint density at radius 1 is 1.11 bits per heavy atom. The molecular formula is C16H22NO-. The Hall–Kier alpha value is -1.12. The fourth-order valence-electron chi connectivity index (χ4n) is 2.73. The lowest BCUT2D eigenvalue weighted by Gasteiger charge is -2.59. The molecule has 1 aromatic rings. The van der Waals surface area contributed by atoms with Gasteiger partial charge < -0.3 is 10.3 Å². The summed E-state index contributed by atoms with van der Waals surface area (Å²) in [5, 5.41) is 13.7. The van der Waals surface area contributed by atoms with Crippen LogP contribution in [0.5, 0.6) is 0 Å². The van der Waals surface area contributed by atoms with E-state index in [0.29, 0.717) is 0 Å². The highest BCUT2D eigenvalue weighted by Gasteiger charge is 2.38. The van der Waals surface area contributed by atoms with Gasteiger partial charge >= 0.3 is 0 Å². The van der Waals surface area contributed by atoms with Gasteiger partial charge in [0.2, 0.25) is 0 Å². The molecule has 0 amide bonds. The summed E-state index contributed by atoms with van der Waals surface area (Å²) < 4.78 is 0. The lowest BCUT2D eigenvalue weighted by atomic mass is 9.77. The number of benzene rings is 1. The molecule has 2 nitrogen and oxygen atoms in total. The van der Waals surface area contributed by atoms with Crippen LogP contribution in [0.2, 0.25) is 0 Å². The number of hydrogen-bond donors (Lipinski definition) is 0. The Morgan fingerprint density at radius 2 is 1.72 bits per heavy atom. The van der Waals surface area contributed by atoms with Crippen molar-refractivity contribution in [2.45, 2.75) is 51.6 Å². The van der Waals surface area contributed by atoms with Gasteiger partial charge in [0, 0.05) is 11.1 Å². The average Bonchev–Trinajstić information content (AvgIpc) is 2.33. The first kappa shape index (κ1) is 13.3. The quantitative estimate of drug-likeness (QED) is 0.739. The zero-order chi connectivity index (χ0) is 13.4. The summed E-state index contributed by atoms with van der Waals surface area (Å²) in [5.74, 6) is 0. The molecule has 0 atom stereocenters. The Kier molecular flexibility index (Phi) is 3.35. The maximum atomic E-state index is 12.4. The molecule has 1 aromatic carbocycles. The summed E-state index contributed by atoms with van der Waals surface area (Å²) in [7, 11) is 0. The van der Waals surface area contributed by atoms with Crippen LogP contribution < -0.4 is 0 Å². The van der Waals surface area contributed by atoms with Gasteiger partial charge in [-0.2, -0.15) is 0 Å². The van der Waals surface area contributed by atoms with Gasteiger partial charge in [0.15, 0.2) is 0 Å². The van der Waals surface area contributed by atoms with E-state index in [-0.39, 0.29) is 5.54 Å². The van der Waals surface area contributed by atoms with E-state index < -0.39 is 5.54 Å². The molecular weight excluding hydrogens is 222 g/mol. The second-order valence-corrected chi connectivity index (χ2v) is 6.25. The molecule has 2 heteroatoms. The van der Waals surface area contributed by atoms with Crippen LogP contribution in [0, 0.1) is 5.21 Å². The zero-order valence-electron chi connectivity index (χ0n) is 11.7. The maximum Gasteiger partial charge on any atom is 0.0255 e. The van der Waals surface area contributed by atoms with Gasteiger partial charge in [-0.05, 0) is 46.1 Å². The molecule has 98 valence electrons. The summed E-state index contributed by atoms with van der Waals surface area (Å²) in [5.41, 5.74) is 1.71. The first-order valence-electron chi connectivity index (χ1n) is 6.57. The van der Waals surface area contributed by atoms with Crippen LogP contribution in [0.25, 0.3) is 6.08 Å². The maximum absolute atomic E-state index is 12.4. The van der Waals surface area contributed by atoms with Crippen LogP contribution in [0.15, 0.2) is 35.9 Å². The van der Waals surface area contributed by atoms with E-state index in [1.807, 2.05) is 45.9 Å². The van der Waals surface area contributed by atoms with E-state index in [0.717, 1.165) is 12.8 Å². The standard InChI is InChI=1S/C16H22NO/c1-15(2)11-10-14(16(3,4)17(15)18)12-13-8-6-5-7-9-13/h5-9,12H,10-11H2,1-4H3/q-1. The summed E-state index contributed by atoms with van der Waals surface area (Å²) >= 11 is 0. The van der Waals surface area contributed by atoms with Crippen LogP contribution in [-0.4, -0.2) is 16.1 Å². The lowest BCUT2D eigenvalue weighted by Crippen LogP contribution is -2.56. The van der Waals surface area contributed by atoms with Gasteiger partial charge in [-0.15, -0.1) is 0 Å². The number of hydrogen-bond acceptors (Lipinski definition) is 2. The van der Waals surface area contributed by atoms with Crippen molar-refractivity contribution in [3.63, 3.8) is 0 Å². The van der Waals surface area contributed by atoms with Crippen molar-refractivity contribution in [2.75, 3.05) is 0 Å². The van der Waals surface area contributed by atoms with Crippen molar-refractivity contribution in [1.29, 1.82) is 0 Å². The van der Waals surface area contributed by atoms with Crippen molar-refractivity contribution in [3.8, 4) is 0 Å². The predicted octanol–water partition coefficient (Wildman–Crippen LogP) is 4.22. The first-order valence-corrected chi connectivity index (χ1v) is 6.57. The molecule has 1 saturated heterocycles. The van der Waals surface area contributed by atoms with E-state index in [1.165, 1.54) is 16.2 Å². The molecule has 0 saturated carbocycles. The summed E-state index contributed by atoms with van der Waals surface area (Å²) in [6.45, 7) is 8.10. The smallest absolute Gasteiger partial charge is 0.0255 e. The highest BCUT2D eigenvalue weighted by atomic mass is 16.5. The van der Waals surface area contributed by atoms with E-state index in [2.05, 4.69) is 18.2 Å². The number of piperidine rings is 1. The lowest BCUT2D eigenvalue weighted by molar-refractivity contribution is 0.0592. The van der Waals surface area contributed by atoms with Crippen LogP contribution >= 0.6 is 0 Å². The summed E-state index contributed by atoms with van der Waals surface area (Å²) in [4.78, 5) is 0. The van der Waals surface area contributed by atoms with Crippen molar-refractivity contribution < 1.29 is 0 Å². The molecule has 1 heterocycles. The largest absolute Gasteiger partial charge is 0.784 e. The Labute approximate surface area is 110 Å². The molecule has 0 aliphatic carbocycles. The van der Waals surface area contributed by atoms with Gasteiger partial charge in [-0.1, -0.05) is 42.0 Å². The third-order valence-corrected chi connectivity index (χ3v) is 3.99. The topological polar surface area (TPSA) is 26.3 Å². The molecule has 0 unspecified atom stereocenters. The summed E-state index contributed by atoms with van der Waals surface area (Å²) in [6, 6.07) is 10.2. The van der Waals surface area contributed by atoms with E-state index in [4.69, 9.17) is 0 Å². The molecule has 0 radical (unpaired) electrons. The van der Waals surface area contributed by atoms with E-state index in [9.17, 15) is 5.21 Å². The molecule has 0 aromatic heterocycles. The van der Waals surface area contributed by atoms with Crippen molar-refractivity contribution in [1.82, 2.24) is 5.06 Å². The van der Waals surface area contributed by atoms with Gasteiger partial charge in [-0.25, -0.2) is 0 Å². The van der Waals surface area contributed by atoms with Gasteiger partial charge in [-0.3, -0.25) is 0 Å². The number of rotatable bonds is 1. The van der Waals surface area contributed by atoms with Crippen molar-refractivity contribution in [2.24, 2.45) is 0 Å². The van der Waals surface area contributed by atoms with E-state index >= 15 is 0 Å². The second-order valence-electron chi connectivity index (χ2n) is 6.25. The highest BCUT2D eigenvalue weighted by molar-refractivity contribution is 5.55. The number of nitrogens with zero attached hydrogens (tertiary/aromatic N) is 1. The molecule has 0 bridgehead atoms. The minimum absolute atomic E-state index is 0.266. The second kappa shape index (κ2) is 4.52. The minimum Gasteiger partial charge on any atom is -0.784 e. The third kappa shape index (κ3) is 2.36. The molecule has 2 rings (SSSR count). The molecule has 1 aliphatic heterocycles. The Balaban J connectivity index is 2.33. The van der Waals surface area contributed by atoms with Gasteiger partial charge in [0.1, 0.15) is 0 Å². The first-order chi connectivity index (χ1) is 8.34. The predicted molar refractivity (Wildman–Crippen MR) is 77.0 cm³/mol. The Bertz CT molecular complexity index is 445. The normalized spacial score (nSPS) is 25.3. The molecule has 1 aliphatic rings. The monoisotopic (exact) mass is 244 g/mol. The minimum atomic E-state index is -0.419. The SMILES string of the molecule is CC1(C)CCC(=Cc2ccccc2)C(C)(C)N1[O-]. The van der Waals surface area contributed by atoms with Crippen LogP contribution in [0.3, 0.4) is 0 Å². The zero-order valence-corrected chi connectivity index (χ0v) is 11.7. The fourth-order valence-corrected chi connectivity index (χ4v) is 2.73. The number of hydroxylamine groups is 2. The average molecular weight is 244 g/mol. The van der Waals surface area contributed by atoms with E-state index in [1.54, 1.807) is 0 Å². The van der Waals surface area contributed by atoms with Gasteiger partial charge in [0.25, 0.3) is 0 Å². The molecule has 0 spiro atoms. The Morgan fingerprint density at radius 3 is 2.33 bits per heavy atom. The third-order valence-electron chi connectivity index (χ3n) is 3.99. The van der Waals surface area contributed by atoms with Crippen molar-refractivity contribution >= 4 is 6.08 Å². The van der Waals surface area contributed by atoms with Crippen LogP contribution in [-0.2, 0) is 0 Å². The van der Waals surface area contributed by atoms with Crippen LogP contribution in [0.1, 0.15) is 46.1 Å².